The number of hydrogen-bond donors (Lipinski definition) is 8. The molecule has 86 heavy (non-hydrogen) atoms. The number of ether oxygens (including phenoxy) is 2. The molecule has 1 aliphatic heterocycles. The summed E-state index contributed by atoms with van der Waals surface area (Å²) in [5.41, 5.74) is 0. The van der Waals surface area contributed by atoms with Crippen LogP contribution in [0.2, 0.25) is 0 Å². The van der Waals surface area contributed by atoms with Crippen molar-refractivity contribution in [3.8, 4) is 0 Å². The molecule has 9 unspecified atom stereocenters. The molecule has 0 aliphatic carbocycles. The van der Waals surface area contributed by atoms with E-state index in [1.165, 1.54) is 315 Å². The highest BCUT2D eigenvalue weighted by Crippen LogP contribution is 2.24. The quantitative estimate of drug-likeness (QED) is 0.0215. The normalized spacial score (nSPS) is 18.7. The highest BCUT2D eigenvalue weighted by molar-refractivity contribution is 5.80. The van der Waals surface area contributed by atoms with Gasteiger partial charge >= 0.3 is 0 Å². The van der Waals surface area contributed by atoms with E-state index in [4.69, 9.17) is 9.47 Å². The maximum atomic E-state index is 13.3. The van der Waals surface area contributed by atoms with Crippen LogP contribution in [0, 0.1) is 0 Å². The van der Waals surface area contributed by atoms with Crippen molar-refractivity contribution in [2.45, 2.75) is 448 Å². The number of carbonyl (C=O) groups is 1. The average Bonchev–Trinajstić information content (AvgIpc) is 3.00. The van der Waals surface area contributed by atoms with Crippen molar-refractivity contribution in [2.75, 3.05) is 13.2 Å². The summed E-state index contributed by atoms with van der Waals surface area (Å²) >= 11 is 0. The Morgan fingerprint density at radius 3 is 0.977 bits per heavy atom. The first-order valence-electron chi connectivity index (χ1n) is 38.1. The summed E-state index contributed by atoms with van der Waals surface area (Å²) in [6.07, 6.45) is 68.8. The van der Waals surface area contributed by atoms with Gasteiger partial charge in [0.1, 0.15) is 36.6 Å². The third-order valence-electron chi connectivity index (χ3n) is 18.8. The molecule has 8 N–H and O–H groups in total. The second-order valence-electron chi connectivity index (χ2n) is 27.1. The summed E-state index contributed by atoms with van der Waals surface area (Å²) in [5.74, 6) is -0.689. The molecule has 0 bridgehead atoms. The van der Waals surface area contributed by atoms with Gasteiger partial charge in [0.15, 0.2) is 6.29 Å². The molecule has 11 heteroatoms. The van der Waals surface area contributed by atoms with E-state index in [2.05, 4.69) is 31.3 Å². The van der Waals surface area contributed by atoms with Crippen molar-refractivity contribution in [1.82, 2.24) is 5.32 Å². The Morgan fingerprint density at radius 1 is 0.395 bits per heavy atom. The van der Waals surface area contributed by atoms with Crippen LogP contribution in [-0.2, 0) is 14.3 Å². The first-order valence-corrected chi connectivity index (χ1v) is 38.1. The van der Waals surface area contributed by atoms with Gasteiger partial charge in [0, 0.05) is 0 Å². The minimum atomic E-state index is -1.66. The predicted molar refractivity (Wildman–Crippen MR) is 363 cm³/mol. The smallest absolute Gasteiger partial charge is 0.249 e. The molecule has 1 heterocycles. The fourth-order valence-corrected chi connectivity index (χ4v) is 12.7. The van der Waals surface area contributed by atoms with Crippen LogP contribution in [0.1, 0.15) is 393 Å². The van der Waals surface area contributed by atoms with Gasteiger partial charge < -0.3 is 50.5 Å². The average molecular weight is 1220 g/mol. The molecule has 0 aromatic carbocycles. The molecule has 9 atom stereocenters. The van der Waals surface area contributed by atoms with Gasteiger partial charge in [-0.2, -0.15) is 0 Å². The van der Waals surface area contributed by atoms with Gasteiger partial charge in [-0.25, -0.2) is 0 Å². The Labute approximate surface area is 532 Å². The summed E-state index contributed by atoms with van der Waals surface area (Å²) in [5, 5.41) is 76.7. The van der Waals surface area contributed by atoms with E-state index in [9.17, 15) is 40.5 Å². The lowest BCUT2D eigenvalue weighted by Gasteiger charge is -2.40. The van der Waals surface area contributed by atoms with Crippen molar-refractivity contribution in [1.29, 1.82) is 0 Å². The highest BCUT2D eigenvalue weighted by atomic mass is 16.7. The number of nitrogens with one attached hydrogen (secondary N) is 1. The van der Waals surface area contributed by atoms with E-state index in [0.717, 1.165) is 38.5 Å². The van der Waals surface area contributed by atoms with Crippen molar-refractivity contribution in [2.24, 2.45) is 0 Å². The fourth-order valence-electron chi connectivity index (χ4n) is 12.7. The Morgan fingerprint density at radius 2 is 0.674 bits per heavy atom. The Hall–Kier alpha value is -1.15. The SMILES string of the molecule is CCCCCCCCCCCCCC/C=C\CCCCCCCCCCCCCC(O)C(=O)NC(COC1OC(CO)C(O)C(O)C1O)C(O)C(O)CCCCCCCCCCCCCCCCCCCCCCCCCCCCCCCCCC. The molecule has 1 saturated heterocycles. The van der Waals surface area contributed by atoms with Gasteiger partial charge in [-0.15, -0.1) is 0 Å². The van der Waals surface area contributed by atoms with Crippen LogP contribution < -0.4 is 5.32 Å². The lowest BCUT2D eigenvalue weighted by molar-refractivity contribution is -0.303. The van der Waals surface area contributed by atoms with Crippen molar-refractivity contribution in [3.63, 3.8) is 0 Å². The van der Waals surface area contributed by atoms with Crippen molar-refractivity contribution < 1.29 is 50.0 Å². The first-order chi connectivity index (χ1) is 42.2. The minimum Gasteiger partial charge on any atom is -0.394 e. The number of allylic oxidation sites excluding steroid dienone is 2. The lowest BCUT2D eigenvalue weighted by atomic mass is 9.98. The number of carbonyl (C=O) groups excluding carboxylic acids is 1. The number of aliphatic hydroxyl groups excluding tert-OH is 7. The molecule has 0 saturated carbocycles. The number of unbranched alkanes of at least 4 members (excludes halogenated alkanes) is 54. The molecule has 11 nitrogen and oxygen atoms in total. The highest BCUT2D eigenvalue weighted by Gasteiger charge is 2.44. The topological polar surface area (TPSA) is 189 Å². The fraction of sp³-hybridized carbons (Fsp3) is 0.960. The second-order valence-corrected chi connectivity index (χ2v) is 27.1. The van der Waals surface area contributed by atoms with Crippen LogP contribution in [-0.4, -0.2) is 110 Å². The largest absolute Gasteiger partial charge is 0.394 e. The summed E-state index contributed by atoms with van der Waals surface area (Å²) in [7, 11) is 0. The van der Waals surface area contributed by atoms with Gasteiger partial charge in [-0.05, 0) is 38.5 Å². The number of aliphatic hydroxyl groups is 7. The molecule has 1 aliphatic rings. The maximum absolute atomic E-state index is 13.3. The van der Waals surface area contributed by atoms with E-state index >= 15 is 0 Å². The zero-order valence-corrected chi connectivity index (χ0v) is 56.8. The molecule has 1 amide bonds. The van der Waals surface area contributed by atoms with Gasteiger partial charge in [0.2, 0.25) is 5.91 Å². The maximum Gasteiger partial charge on any atom is 0.249 e. The third kappa shape index (κ3) is 50.5. The second kappa shape index (κ2) is 64.0. The van der Waals surface area contributed by atoms with Crippen LogP contribution in [0.4, 0.5) is 0 Å². The predicted octanol–water partition coefficient (Wildman–Crippen LogP) is 19.0. The lowest BCUT2D eigenvalue weighted by Crippen LogP contribution is -2.60. The third-order valence-corrected chi connectivity index (χ3v) is 18.8. The molecule has 0 aromatic heterocycles. The van der Waals surface area contributed by atoms with E-state index in [0.29, 0.717) is 19.3 Å². The van der Waals surface area contributed by atoms with E-state index < -0.39 is 74.2 Å². The van der Waals surface area contributed by atoms with Crippen molar-refractivity contribution in [3.05, 3.63) is 12.2 Å². The standard InChI is InChI=1S/C75H147NO10/c1-3-5-7-9-11-13-15-17-19-21-23-25-27-29-31-32-33-34-35-37-38-40-42-44-46-48-50-52-54-56-58-60-62-67(78)70(80)66(65-85-75-73(83)72(82)71(81)69(64-77)86-75)76-74(84)68(79)63-61-59-57-55-53-51-49-47-45-43-41-39-36-30-28-26-24-22-20-18-16-14-12-10-8-6-4-2/h30,36,66-73,75,77-83H,3-29,31-35,37-65H2,1-2H3,(H,76,84)/b36-30-. The summed E-state index contributed by atoms with van der Waals surface area (Å²) in [6.45, 7) is 3.53. The summed E-state index contributed by atoms with van der Waals surface area (Å²) in [4.78, 5) is 13.3. The number of rotatable bonds is 68. The zero-order valence-electron chi connectivity index (χ0n) is 56.8. The van der Waals surface area contributed by atoms with Gasteiger partial charge in [0.05, 0.1) is 25.4 Å². The summed E-state index contributed by atoms with van der Waals surface area (Å²) < 4.78 is 11.2. The molecule has 0 spiro atoms. The molecule has 1 fully saturated rings. The summed E-state index contributed by atoms with van der Waals surface area (Å²) in [6, 6.07) is -1.17. The van der Waals surface area contributed by atoms with Gasteiger partial charge in [-0.1, -0.05) is 366 Å². The molecule has 1 rings (SSSR count). The van der Waals surface area contributed by atoms with Gasteiger partial charge in [-0.3, -0.25) is 4.79 Å². The van der Waals surface area contributed by atoms with Crippen LogP contribution in [0.15, 0.2) is 12.2 Å². The van der Waals surface area contributed by atoms with Crippen LogP contribution in [0.25, 0.3) is 0 Å². The Kier molecular flexibility index (Phi) is 61.6. The van der Waals surface area contributed by atoms with Crippen LogP contribution in [0.3, 0.4) is 0 Å². The first kappa shape index (κ1) is 82.9. The zero-order chi connectivity index (χ0) is 62.4. The molecular formula is C75H147NO10. The van der Waals surface area contributed by atoms with E-state index in [1.807, 2.05) is 0 Å². The Bertz CT molecular complexity index is 1400. The minimum absolute atomic E-state index is 0.263. The molecule has 512 valence electrons. The van der Waals surface area contributed by atoms with Crippen molar-refractivity contribution >= 4 is 5.91 Å². The van der Waals surface area contributed by atoms with Crippen LogP contribution in [0.5, 0.6) is 0 Å². The van der Waals surface area contributed by atoms with Gasteiger partial charge in [0.25, 0.3) is 0 Å². The molecule has 0 radical (unpaired) electrons. The number of hydrogen-bond acceptors (Lipinski definition) is 10. The van der Waals surface area contributed by atoms with Crippen LogP contribution >= 0.6 is 0 Å². The number of amides is 1. The van der Waals surface area contributed by atoms with E-state index in [-0.39, 0.29) is 6.42 Å². The molecular weight excluding hydrogens is 1070 g/mol. The van der Waals surface area contributed by atoms with E-state index in [1.54, 1.807) is 0 Å². The Balaban J connectivity index is 2.15. The monoisotopic (exact) mass is 1220 g/mol. The molecule has 0 aromatic rings.